The Balaban J connectivity index is 1.20. The van der Waals surface area contributed by atoms with Crippen LogP contribution in [0.15, 0.2) is 59.9 Å². The van der Waals surface area contributed by atoms with Crippen LogP contribution in [-0.2, 0) is 9.53 Å². The van der Waals surface area contributed by atoms with Crippen LogP contribution in [0.3, 0.4) is 0 Å². The molecule has 5 aromatic rings. The van der Waals surface area contributed by atoms with E-state index < -0.39 is 24.2 Å². The number of hydrogen-bond donors (Lipinski definition) is 4. The smallest absolute Gasteiger partial charge is 0.407 e. The SMILES string of the molecule is C=N/C=C(\NCCN(CCC)C(=O)C(NC(=O)OC)C(C)C)c1cc(F)c2c(c1)OC(c1cc(C)c(C)s1)n1c-2cc2cc(-c3cnc(C4CCCN4)[nH]3)ccc21. The zero-order valence-corrected chi connectivity index (χ0v) is 34.2. The van der Waals surface area contributed by atoms with Gasteiger partial charge in [-0.1, -0.05) is 26.8 Å². The number of ether oxygens (including phenoxy) is 2. The number of aliphatic imine (C=N–C) groups is 1. The molecule has 300 valence electrons. The molecule has 3 atom stereocenters. The number of fused-ring (bicyclic) bond motifs is 5. The number of carbonyl (C=O) groups excluding carboxylic acids is 2. The molecule has 12 nitrogen and oxygen atoms in total. The number of nitrogens with zero attached hydrogens (tertiary/aromatic N) is 4. The Labute approximate surface area is 336 Å². The van der Waals surface area contributed by atoms with Gasteiger partial charge in [-0.05, 0) is 94.3 Å². The highest BCUT2D eigenvalue weighted by Gasteiger charge is 2.34. The van der Waals surface area contributed by atoms with Crippen molar-refractivity contribution < 1.29 is 23.5 Å². The topological polar surface area (TPSA) is 138 Å². The fourth-order valence-corrected chi connectivity index (χ4v) is 8.79. The number of hydrogen-bond acceptors (Lipinski definition) is 9. The van der Waals surface area contributed by atoms with E-state index in [1.165, 1.54) is 29.8 Å². The third-order valence-corrected chi connectivity index (χ3v) is 12.0. The van der Waals surface area contributed by atoms with Crippen LogP contribution in [0.2, 0.25) is 0 Å². The minimum atomic E-state index is -0.746. The number of nitrogens with one attached hydrogen (secondary N) is 4. The Hall–Kier alpha value is -5.47. The van der Waals surface area contributed by atoms with Gasteiger partial charge in [0.15, 0.2) is 0 Å². The fraction of sp³-hybridized carbons (Fsp3) is 0.395. The zero-order valence-electron chi connectivity index (χ0n) is 33.4. The van der Waals surface area contributed by atoms with Gasteiger partial charge in [0.25, 0.3) is 0 Å². The number of amides is 2. The Bertz CT molecular complexity index is 2300. The van der Waals surface area contributed by atoms with Crippen LogP contribution in [-0.4, -0.2) is 77.5 Å². The van der Waals surface area contributed by atoms with Gasteiger partial charge in [-0.25, -0.2) is 14.2 Å². The highest BCUT2D eigenvalue weighted by atomic mass is 32.1. The van der Waals surface area contributed by atoms with E-state index in [4.69, 9.17) is 9.47 Å². The number of aryl methyl sites for hydroxylation is 2. The molecular formula is C43H51FN8O4S. The molecule has 5 heterocycles. The van der Waals surface area contributed by atoms with E-state index in [0.717, 1.165) is 64.4 Å². The van der Waals surface area contributed by atoms with Gasteiger partial charge in [0.05, 0.1) is 52.4 Å². The van der Waals surface area contributed by atoms with Gasteiger partial charge in [0.1, 0.15) is 23.4 Å². The van der Waals surface area contributed by atoms with Crippen molar-refractivity contribution in [3.63, 3.8) is 0 Å². The lowest BCUT2D eigenvalue weighted by Gasteiger charge is -2.30. The number of halogens is 1. The average molecular weight is 795 g/mol. The molecule has 4 N–H and O–H groups in total. The van der Waals surface area contributed by atoms with Crippen LogP contribution in [0, 0.1) is 25.6 Å². The molecule has 3 unspecified atom stereocenters. The summed E-state index contributed by atoms with van der Waals surface area (Å²) in [6.07, 6.45) is 5.14. The summed E-state index contributed by atoms with van der Waals surface area (Å²) < 4.78 is 30.3. The molecular weight excluding hydrogens is 744 g/mol. The van der Waals surface area contributed by atoms with Crippen molar-refractivity contribution in [1.29, 1.82) is 0 Å². The summed E-state index contributed by atoms with van der Waals surface area (Å²) in [6, 6.07) is 13.3. The minimum Gasteiger partial charge on any atom is -0.464 e. The maximum absolute atomic E-state index is 16.7. The number of benzene rings is 2. The monoisotopic (exact) mass is 794 g/mol. The number of H-pyrrole nitrogens is 1. The van der Waals surface area contributed by atoms with Crippen molar-refractivity contribution in [1.82, 2.24) is 35.4 Å². The highest BCUT2D eigenvalue weighted by Crippen LogP contribution is 2.48. The van der Waals surface area contributed by atoms with E-state index in [0.29, 0.717) is 42.2 Å². The minimum absolute atomic E-state index is 0.155. The second kappa shape index (κ2) is 16.9. The number of aromatic nitrogens is 3. The van der Waals surface area contributed by atoms with Crippen molar-refractivity contribution in [3.8, 4) is 28.3 Å². The molecule has 2 aromatic carbocycles. The first-order valence-corrected chi connectivity index (χ1v) is 20.4. The normalized spacial score (nSPS) is 16.9. The van der Waals surface area contributed by atoms with E-state index in [1.54, 1.807) is 16.2 Å². The third kappa shape index (κ3) is 8.06. The molecule has 0 aliphatic carbocycles. The van der Waals surface area contributed by atoms with E-state index in [-0.39, 0.29) is 17.9 Å². The molecule has 2 aliphatic heterocycles. The number of thiophene rings is 1. The lowest BCUT2D eigenvalue weighted by molar-refractivity contribution is -0.134. The number of aromatic amines is 1. The van der Waals surface area contributed by atoms with Crippen LogP contribution in [0.4, 0.5) is 9.18 Å². The number of imidazole rings is 1. The molecule has 2 aliphatic rings. The summed E-state index contributed by atoms with van der Waals surface area (Å²) in [6.45, 7) is 15.7. The summed E-state index contributed by atoms with van der Waals surface area (Å²) in [4.78, 5) is 41.7. The van der Waals surface area contributed by atoms with E-state index in [1.807, 2.05) is 39.1 Å². The van der Waals surface area contributed by atoms with Crippen LogP contribution >= 0.6 is 11.3 Å². The maximum atomic E-state index is 16.7. The molecule has 0 spiro atoms. The fourth-order valence-electron chi connectivity index (χ4n) is 7.72. The van der Waals surface area contributed by atoms with Crippen LogP contribution in [0.5, 0.6) is 5.75 Å². The second-order valence-electron chi connectivity index (χ2n) is 15.0. The van der Waals surface area contributed by atoms with Gasteiger partial charge < -0.3 is 35.3 Å². The molecule has 1 fully saturated rings. The van der Waals surface area contributed by atoms with Gasteiger partial charge in [-0.3, -0.25) is 14.4 Å². The van der Waals surface area contributed by atoms with Crippen LogP contribution in [0.1, 0.15) is 79.0 Å². The van der Waals surface area contributed by atoms with Crippen molar-refractivity contribution in [2.75, 3.05) is 33.3 Å². The Morgan fingerprint density at radius 3 is 2.72 bits per heavy atom. The molecule has 14 heteroatoms. The summed E-state index contributed by atoms with van der Waals surface area (Å²) in [5.41, 5.74) is 6.16. The number of alkyl carbamates (subject to hydrolysis) is 1. The largest absolute Gasteiger partial charge is 0.464 e. The van der Waals surface area contributed by atoms with Crippen molar-refractivity contribution in [3.05, 3.63) is 87.4 Å². The predicted molar refractivity (Wildman–Crippen MR) is 224 cm³/mol. The quantitative estimate of drug-likeness (QED) is 0.0835. The number of carbonyl (C=O) groups is 2. The first-order chi connectivity index (χ1) is 27.5. The summed E-state index contributed by atoms with van der Waals surface area (Å²) in [5.74, 6) is 0.543. The molecule has 1 saturated heterocycles. The number of rotatable bonds is 14. The van der Waals surface area contributed by atoms with Crippen molar-refractivity contribution >= 4 is 46.7 Å². The molecule has 2 amide bonds. The molecule has 0 radical (unpaired) electrons. The zero-order chi connectivity index (χ0) is 40.4. The summed E-state index contributed by atoms with van der Waals surface area (Å²) in [5, 5.41) is 10.5. The van der Waals surface area contributed by atoms with Crippen LogP contribution < -0.4 is 20.7 Å². The predicted octanol–water partition coefficient (Wildman–Crippen LogP) is 8.09. The summed E-state index contributed by atoms with van der Waals surface area (Å²) in [7, 11) is 1.27. The molecule has 0 saturated carbocycles. The molecule has 57 heavy (non-hydrogen) atoms. The van der Waals surface area contributed by atoms with E-state index in [9.17, 15) is 9.59 Å². The summed E-state index contributed by atoms with van der Waals surface area (Å²) >= 11 is 1.67. The Kier molecular flexibility index (Phi) is 11.8. The molecule has 0 bridgehead atoms. The Morgan fingerprint density at radius 2 is 2.04 bits per heavy atom. The third-order valence-electron chi connectivity index (χ3n) is 10.8. The first-order valence-electron chi connectivity index (χ1n) is 19.6. The highest BCUT2D eigenvalue weighted by molar-refractivity contribution is 7.12. The second-order valence-corrected chi connectivity index (χ2v) is 16.3. The molecule has 3 aromatic heterocycles. The number of methoxy groups -OCH3 is 1. The van der Waals surface area contributed by atoms with Gasteiger partial charge in [-0.15, -0.1) is 11.3 Å². The lowest BCUT2D eigenvalue weighted by Crippen LogP contribution is -2.52. The lowest BCUT2D eigenvalue weighted by atomic mass is 10.0. The Morgan fingerprint density at radius 1 is 1.21 bits per heavy atom. The first kappa shape index (κ1) is 39.8. The van der Waals surface area contributed by atoms with Crippen LogP contribution in [0.25, 0.3) is 39.1 Å². The van der Waals surface area contributed by atoms with Gasteiger partial charge >= 0.3 is 6.09 Å². The van der Waals surface area contributed by atoms with Gasteiger partial charge in [0, 0.05) is 47.2 Å². The van der Waals surface area contributed by atoms with Crippen molar-refractivity contribution in [2.24, 2.45) is 10.9 Å². The van der Waals surface area contributed by atoms with E-state index in [2.05, 4.69) is 80.3 Å². The maximum Gasteiger partial charge on any atom is 0.407 e. The van der Waals surface area contributed by atoms with Crippen molar-refractivity contribution in [2.45, 2.75) is 72.2 Å². The van der Waals surface area contributed by atoms with Gasteiger partial charge in [-0.2, -0.15) is 0 Å². The van der Waals surface area contributed by atoms with Gasteiger partial charge in [0.2, 0.25) is 12.1 Å². The molecule has 7 rings (SSSR count). The standard InChI is InChI=1S/C43H51FN8O4S/c1-8-15-51(41(53)39(24(2)3)50-43(54)55-7)16-14-47-32(22-45-6)28-19-30(44)38-35-20-29-18-27(33-23-48-40(49-33)31-10-9-13-46-31)11-12-34(29)52(35)42(56-36(38)21-28)37-17-25(4)26(5)57-37/h11-12,17-24,31,39,42,46-47H,6,8-10,13-16H2,1-5,7H3,(H,48,49)(H,50,54)/b32-22-. The average Bonchev–Trinajstić information content (AvgIpc) is 4.02. The van der Waals surface area contributed by atoms with E-state index >= 15 is 4.39 Å².